The van der Waals surface area contributed by atoms with Crippen LogP contribution in [0.5, 0.6) is 0 Å². The number of benzene rings is 1. The topological polar surface area (TPSA) is 80.1 Å². The number of carbonyl (C=O) groups excluding carboxylic acids is 1. The van der Waals surface area contributed by atoms with Gasteiger partial charge in [-0.15, -0.1) is 0 Å². The molecule has 1 N–H and O–H groups in total. The fourth-order valence-corrected chi connectivity index (χ4v) is 4.88. The summed E-state index contributed by atoms with van der Waals surface area (Å²) in [6.45, 7) is 3.45. The normalized spacial score (nSPS) is 15.6. The quantitative estimate of drug-likeness (QED) is 0.548. The third-order valence-corrected chi connectivity index (χ3v) is 6.85. The van der Waals surface area contributed by atoms with Crippen molar-refractivity contribution < 1.29 is 18.0 Å². The number of alkyl halides is 3. The maximum atomic E-state index is 13.7. The highest BCUT2D eigenvalue weighted by Gasteiger charge is 2.26. The number of hydrogen-bond acceptors (Lipinski definition) is 5. The van der Waals surface area contributed by atoms with Crippen molar-refractivity contribution in [2.75, 3.05) is 18.4 Å². The predicted octanol–water partition coefficient (Wildman–Crippen LogP) is 4.63. The van der Waals surface area contributed by atoms with Gasteiger partial charge in [0, 0.05) is 38.2 Å². The number of likely N-dealkylation sites (tertiary alicyclic amines) is 1. The molecule has 0 saturated carbocycles. The molecule has 35 heavy (non-hydrogen) atoms. The van der Waals surface area contributed by atoms with E-state index in [-0.39, 0.29) is 28.5 Å². The summed E-state index contributed by atoms with van der Waals surface area (Å²) < 4.78 is 42.0. The fourth-order valence-electron chi connectivity index (χ4n) is 4.88. The number of aromatic nitrogens is 3. The van der Waals surface area contributed by atoms with Gasteiger partial charge in [0.25, 0.3) is 12.0 Å². The van der Waals surface area contributed by atoms with Crippen LogP contribution in [0.1, 0.15) is 67.3 Å². The lowest BCUT2D eigenvalue weighted by molar-refractivity contribution is -0.129. The molecule has 1 fully saturated rings. The van der Waals surface area contributed by atoms with Crippen LogP contribution < -0.4 is 10.9 Å². The summed E-state index contributed by atoms with van der Waals surface area (Å²) in [5.41, 5.74) is 0.952. The van der Waals surface area contributed by atoms with E-state index < -0.39 is 19.1 Å². The number of amides is 1. The second kappa shape index (κ2) is 10.1. The Labute approximate surface area is 201 Å². The van der Waals surface area contributed by atoms with Crippen LogP contribution >= 0.6 is 0 Å². The van der Waals surface area contributed by atoms with Gasteiger partial charge in [-0.1, -0.05) is 18.2 Å². The summed E-state index contributed by atoms with van der Waals surface area (Å²) >= 11 is 0. The molecule has 3 heterocycles. The number of rotatable bonds is 6. The second-order valence-corrected chi connectivity index (χ2v) is 8.92. The van der Waals surface area contributed by atoms with Gasteiger partial charge < -0.3 is 10.2 Å². The van der Waals surface area contributed by atoms with Crippen LogP contribution in [-0.2, 0) is 18.5 Å². The Bertz CT molecular complexity index is 1300. The number of hydrogen-bond donors (Lipinski definition) is 1. The molecule has 0 radical (unpaired) electrons. The van der Waals surface area contributed by atoms with Gasteiger partial charge in [0.15, 0.2) is 0 Å². The highest BCUT2D eigenvalue weighted by atomic mass is 19.3. The summed E-state index contributed by atoms with van der Waals surface area (Å²) in [6, 6.07) is 5.59. The van der Waals surface area contributed by atoms with Crippen molar-refractivity contribution >= 4 is 22.8 Å². The van der Waals surface area contributed by atoms with Gasteiger partial charge in [0.2, 0.25) is 5.91 Å². The van der Waals surface area contributed by atoms with Crippen LogP contribution in [0.3, 0.4) is 0 Å². The summed E-state index contributed by atoms with van der Waals surface area (Å²) in [7, 11) is 1.65. The molecule has 2 aromatic heterocycles. The lowest BCUT2D eigenvalue weighted by atomic mass is 9.89. The number of aryl methyl sites for hydroxylation is 1. The maximum Gasteiger partial charge on any atom is 0.264 e. The maximum absolute atomic E-state index is 13.7. The highest BCUT2D eigenvalue weighted by Crippen LogP contribution is 2.33. The molecule has 0 aliphatic carbocycles. The van der Waals surface area contributed by atoms with Crippen molar-refractivity contribution in [3.05, 3.63) is 63.2 Å². The highest BCUT2D eigenvalue weighted by molar-refractivity contribution is 5.87. The van der Waals surface area contributed by atoms with Crippen LogP contribution in [0.2, 0.25) is 0 Å². The second-order valence-electron chi connectivity index (χ2n) is 8.92. The fraction of sp³-hybridized carbons (Fsp3) is 0.440. The first kappa shape index (κ1) is 24.7. The van der Waals surface area contributed by atoms with Gasteiger partial charge in [-0.2, -0.15) is 0 Å². The minimum atomic E-state index is -2.78. The molecule has 186 valence electrons. The van der Waals surface area contributed by atoms with Gasteiger partial charge in [-0.25, -0.2) is 23.1 Å². The van der Waals surface area contributed by atoms with Crippen LogP contribution in [0.4, 0.5) is 19.0 Å². The molecule has 1 amide bonds. The summed E-state index contributed by atoms with van der Waals surface area (Å²) in [5.74, 6) is 0.431. The molecule has 1 aliphatic heterocycles. The Kier molecular flexibility index (Phi) is 7.09. The number of piperidine rings is 1. The summed E-state index contributed by atoms with van der Waals surface area (Å²) in [4.78, 5) is 35.2. The van der Waals surface area contributed by atoms with E-state index in [1.165, 1.54) is 30.0 Å². The number of pyridine rings is 1. The first-order chi connectivity index (χ1) is 16.7. The first-order valence-corrected chi connectivity index (χ1v) is 11.5. The number of fused-ring (bicyclic) bond motifs is 1. The third-order valence-electron chi connectivity index (χ3n) is 6.85. The van der Waals surface area contributed by atoms with Crippen molar-refractivity contribution in [1.82, 2.24) is 19.4 Å². The number of anilines is 1. The van der Waals surface area contributed by atoms with E-state index in [1.54, 1.807) is 31.0 Å². The average Bonchev–Trinajstić information content (AvgIpc) is 2.85. The standard InChI is InChI=1S/C25H28F3N5O2/c1-14(17-5-4-6-18(22(27)28)21(17)12-26)31-23-20-11-19(16-7-9-33(10-8-16)15(2)34)25(35)32(3)24(20)30-13-29-23/h4-6,11,13-14,16,22H,7-10,12H2,1-3H3,(H,29,30,31)/t14-/m1/s1. The van der Waals surface area contributed by atoms with E-state index in [0.29, 0.717) is 53.9 Å². The zero-order chi connectivity index (χ0) is 25.3. The SMILES string of the molecule is CC(=O)N1CCC(c2cc3c(N[C@H](C)c4cccc(C(F)F)c4CF)ncnc3n(C)c2=O)CC1. The van der Waals surface area contributed by atoms with E-state index in [0.717, 1.165) is 0 Å². The van der Waals surface area contributed by atoms with E-state index in [9.17, 15) is 22.8 Å². The van der Waals surface area contributed by atoms with Gasteiger partial charge in [0.05, 0.1) is 11.4 Å². The summed E-state index contributed by atoms with van der Waals surface area (Å²) in [6.07, 6.45) is -0.103. The van der Waals surface area contributed by atoms with Gasteiger partial charge in [-0.05, 0) is 42.9 Å². The molecule has 4 rings (SSSR count). The minimum Gasteiger partial charge on any atom is -0.363 e. The van der Waals surface area contributed by atoms with Crippen LogP contribution in [-0.4, -0.2) is 38.4 Å². The number of halogens is 3. The molecule has 10 heteroatoms. The van der Waals surface area contributed by atoms with Crippen molar-refractivity contribution in [3.8, 4) is 0 Å². The third kappa shape index (κ3) is 4.74. The average molecular weight is 488 g/mol. The minimum absolute atomic E-state index is 0.0138. The monoisotopic (exact) mass is 487 g/mol. The molecule has 1 saturated heterocycles. The Morgan fingerprint density at radius 3 is 2.51 bits per heavy atom. The smallest absolute Gasteiger partial charge is 0.264 e. The molecule has 1 aliphatic rings. The Morgan fingerprint density at radius 2 is 1.89 bits per heavy atom. The first-order valence-electron chi connectivity index (χ1n) is 11.5. The molecular weight excluding hydrogens is 459 g/mol. The van der Waals surface area contributed by atoms with Crippen molar-refractivity contribution in [1.29, 1.82) is 0 Å². The van der Waals surface area contributed by atoms with E-state index >= 15 is 0 Å². The molecule has 7 nitrogen and oxygen atoms in total. The molecule has 0 unspecified atom stereocenters. The largest absolute Gasteiger partial charge is 0.363 e. The molecule has 0 spiro atoms. The van der Waals surface area contributed by atoms with Crippen molar-refractivity contribution in [3.63, 3.8) is 0 Å². The zero-order valence-electron chi connectivity index (χ0n) is 19.9. The molecular formula is C25H28F3N5O2. The van der Waals surface area contributed by atoms with E-state index in [4.69, 9.17) is 0 Å². The summed E-state index contributed by atoms with van der Waals surface area (Å²) in [5, 5.41) is 3.82. The van der Waals surface area contributed by atoms with E-state index in [2.05, 4.69) is 15.3 Å². The Balaban J connectivity index is 1.71. The molecule has 0 bridgehead atoms. The van der Waals surface area contributed by atoms with Crippen LogP contribution in [0.25, 0.3) is 11.0 Å². The van der Waals surface area contributed by atoms with Crippen LogP contribution in [0.15, 0.2) is 35.4 Å². The lowest BCUT2D eigenvalue weighted by Gasteiger charge is -2.31. The number of carbonyl (C=O) groups is 1. The van der Waals surface area contributed by atoms with Crippen molar-refractivity contribution in [2.45, 2.75) is 51.7 Å². The molecule has 1 aromatic carbocycles. The van der Waals surface area contributed by atoms with Crippen molar-refractivity contribution in [2.24, 2.45) is 7.05 Å². The van der Waals surface area contributed by atoms with Gasteiger partial charge >= 0.3 is 0 Å². The Morgan fingerprint density at radius 1 is 1.20 bits per heavy atom. The molecule has 3 aromatic rings. The number of nitrogens with zero attached hydrogens (tertiary/aromatic N) is 4. The predicted molar refractivity (Wildman–Crippen MR) is 127 cm³/mol. The molecule has 1 atom stereocenters. The lowest BCUT2D eigenvalue weighted by Crippen LogP contribution is -2.38. The van der Waals surface area contributed by atoms with Gasteiger partial charge in [-0.3, -0.25) is 14.2 Å². The Hall–Kier alpha value is -3.43. The van der Waals surface area contributed by atoms with Gasteiger partial charge in [0.1, 0.15) is 24.5 Å². The van der Waals surface area contributed by atoms with Crippen LogP contribution in [0, 0.1) is 0 Å². The zero-order valence-corrected chi connectivity index (χ0v) is 19.9. The number of nitrogens with one attached hydrogen (secondary N) is 1. The van der Waals surface area contributed by atoms with E-state index in [1.807, 2.05) is 0 Å².